The molecule has 0 unspecified atom stereocenters. The molecule has 0 saturated carbocycles. The van der Waals surface area contributed by atoms with E-state index in [1.807, 2.05) is 30.9 Å². The molecular formula is C20H27N5O3S2. The van der Waals surface area contributed by atoms with E-state index in [9.17, 15) is 9.59 Å². The number of aromatic nitrogens is 2. The molecule has 2 amide bonds. The van der Waals surface area contributed by atoms with Crippen LogP contribution in [0.2, 0.25) is 0 Å². The van der Waals surface area contributed by atoms with Crippen LogP contribution in [-0.2, 0) is 9.53 Å². The van der Waals surface area contributed by atoms with Crippen molar-refractivity contribution in [1.82, 2.24) is 20.4 Å². The lowest BCUT2D eigenvalue weighted by molar-refractivity contribution is -0.118. The van der Waals surface area contributed by atoms with Gasteiger partial charge in [-0.1, -0.05) is 40.3 Å². The van der Waals surface area contributed by atoms with Crippen molar-refractivity contribution in [3.8, 4) is 0 Å². The first kappa shape index (κ1) is 22.5. The number of nitrogens with one attached hydrogen (secondary N) is 1. The molecule has 1 saturated heterocycles. The van der Waals surface area contributed by atoms with Gasteiger partial charge < -0.3 is 19.9 Å². The molecule has 1 aromatic carbocycles. The summed E-state index contributed by atoms with van der Waals surface area (Å²) < 4.78 is 5.68. The number of aryl methyl sites for hydroxylation is 2. The van der Waals surface area contributed by atoms with E-state index in [0.717, 1.165) is 26.2 Å². The molecule has 162 valence electrons. The average molecular weight is 450 g/mol. The molecule has 0 bridgehead atoms. The van der Waals surface area contributed by atoms with Gasteiger partial charge in [0.2, 0.25) is 11.0 Å². The van der Waals surface area contributed by atoms with Crippen molar-refractivity contribution in [2.75, 3.05) is 57.1 Å². The number of rotatable bonds is 8. The molecule has 0 aliphatic carbocycles. The Morgan fingerprint density at radius 3 is 2.50 bits per heavy atom. The molecule has 1 aliphatic rings. The maximum Gasteiger partial charge on any atom is 0.253 e. The first-order chi connectivity index (χ1) is 14.5. The largest absolute Gasteiger partial charge is 0.383 e. The number of carbonyl (C=O) groups excluding carboxylic acids is 2. The molecule has 2 heterocycles. The highest BCUT2D eigenvalue weighted by molar-refractivity contribution is 8.01. The number of amides is 2. The van der Waals surface area contributed by atoms with Crippen LogP contribution >= 0.6 is 23.1 Å². The SMILES string of the molecule is COCCNC(=O)CSc1nnc(N2CCN(C(=O)c3cc(C)cc(C)c3)CC2)s1. The van der Waals surface area contributed by atoms with Gasteiger partial charge in [-0.25, -0.2) is 0 Å². The number of piperazine rings is 1. The van der Waals surface area contributed by atoms with Crippen molar-refractivity contribution in [2.45, 2.75) is 18.2 Å². The second kappa shape index (κ2) is 10.7. The summed E-state index contributed by atoms with van der Waals surface area (Å²) in [5.41, 5.74) is 2.95. The van der Waals surface area contributed by atoms with Crippen molar-refractivity contribution in [3.63, 3.8) is 0 Å². The van der Waals surface area contributed by atoms with E-state index in [2.05, 4.69) is 26.5 Å². The highest BCUT2D eigenvalue weighted by Gasteiger charge is 2.24. The number of hydrogen-bond donors (Lipinski definition) is 1. The Labute approximate surface area is 185 Å². The smallest absolute Gasteiger partial charge is 0.253 e. The van der Waals surface area contributed by atoms with Crippen molar-refractivity contribution in [2.24, 2.45) is 0 Å². The first-order valence-electron chi connectivity index (χ1n) is 9.80. The Hall–Kier alpha value is -2.17. The Kier molecular flexibility index (Phi) is 8.06. The maximum atomic E-state index is 12.8. The van der Waals surface area contributed by atoms with Crippen molar-refractivity contribution >= 4 is 40.0 Å². The van der Waals surface area contributed by atoms with Crippen LogP contribution in [0.4, 0.5) is 5.13 Å². The fourth-order valence-corrected chi connectivity index (χ4v) is 4.96. The number of nitrogens with zero attached hydrogens (tertiary/aromatic N) is 4. The quantitative estimate of drug-likeness (QED) is 0.487. The zero-order chi connectivity index (χ0) is 21.5. The first-order valence-corrected chi connectivity index (χ1v) is 11.6. The number of anilines is 1. The number of hydrogen-bond acceptors (Lipinski definition) is 8. The van der Waals surface area contributed by atoms with Crippen LogP contribution in [0.25, 0.3) is 0 Å². The van der Waals surface area contributed by atoms with E-state index in [1.54, 1.807) is 7.11 Å². The molecule has 0 atom stereocenters. The Balaban J connectivity index is 1.48. The van der Waals surface area contributed by atoms with Gasteiger partial charge in [-0.3, -0.25) is 9.59 Å². The predicted molar refractivity (Wildman–Crippen MR) is 120 cm³/mol. The predicted octanol–water partition coefficient (Wildman–Crippen LogP) is 1.97. The molecule has 3 rings (SSSR count). The zero-order valence-corrected chi connectivity index (χ0v) is 19.1. The third-order valence-electron chi connectivity index (χ3n) is 4.66. The summed E-state index contributed by atoms with van der Waals surface area (Å²) in [5.74, 6) is 0.332. The summed E-state index contributed by atoms with van der Waals surface area (Å²) >= 11 is 2.86. The Morgan fingerprint density at radius 2 is 1.83 bits per heavy atom. The van der Waals surface area contributed by atoms with Gasteiger partial charge in [-0.05, 0) is 26.0 Å². The summed E-state index contributed by atoms with van der Waals surface area (Å²) in [6.07, 6.45) is 0. The minimum absolute atomic E-state index is 0.0488. The standard InChI is InChI=1S/C20H27N5O3S2/c1-14-10-15(2)12-16(11-14)18(27)24-5-7-25(8-6-24)19-22-23-20(30-19)29-13-17(26)21-4-9-28-3/h10-12H,4-9,13H2,1-3H3,(H,21,26). The monoisotopic (exact) mass is 449 g/mol. The van der Waals surface area contributed by atoms with Crippen LogP contribution in [0.15, 0.2) is 22.5 Å². The van der Waals surface area contributed by atoms with E-state index >= 15 is 0 Å². The second-order valence-electron chi connectivity index (χ2n) is 7.14. The summed E-state index contributed by atoms with van der Waals surface area (Å²) in [7, 11) is 1.60. The lowest BCUT2D eigenvalue weighted by atomic mass is 10.1. The van der Waals surface area contributed by atoms with Crippen LogP contribution in [-0.4, -0.2) is 79.1 Å². The average Bonchev–Trinajstić information content (AvgIpc) is 3.20. The summed E-state index contributed by atoms with van der Waals surface area (Å²) in [6.45, 7) is 7.75. The molecular weight excluding hydrogens is 422 g/mol. The molecule has 30 heavy (non-hydrogen) atoms. The van der Waals surface area contributed by atoms with E-state index in [-0.39, 0.29) is 11.8 Å². The van der Waals surface area contributed by atoms with Gasteiger partial charge in [0.1, 0.15) is 0 Å². The Morgan fingerprint density at radius 1 is 1.13 bits per heavy atom. The van der Waals surface area contributed by atoms with Gasteiger partial charge in [0.25, 0.3) is 5.91 Å². The number of benzene rings is 1. The highest BCUT2D eigenvalue weighted by atomic mass is 32.2. The molecule has 1 aliphatic heterocycles. The van der Waals surface area contributed by atoms with Crippen molar-refractivity contribution in [3.05, 3.63) is 34.9 Å². The zero-order valence-electron chi connectivity index (χ0n) is 17.5. The second-order valence-corrected chi connectivity index (χ2v) is 9.32. The van der Waals surface area contributed by atoms with Crippen molar-refractivity contribution < 1.29 is 14.3 Å². The minimum Gasteiger partial charge on any atom is -0.383 e. The van der Waals surface area contributed by atoms with Crippen LogP contribution in [0.3, 0.4) is 0 Å². The summed E-state index contributed by atoms with van der Waals surface area (Å²) in [5, 5.41) is 12.1. The summed E-state index contributed by atoms with van der Waals surface area (Å²) in [4.78, 5) is 28.6. The number of methoxy groups -OCH3 is 1. The normalized spacial score (nSPS) is 14.1. The molecule has 0 radical (unpaired) electrons. The minimum atomic E-state index is -0.0488. The maximum absolute atomic E-state index is 12.8. The van der Waals surface area contributed by atoms with Crippen LogP contribution in [0.1, 0.15) is 21.5 Å². The van der Waals surface area contributed by atoms with E-state index < -0.39 is 0 Å². The lowest BCUT2D eigenvalue weighted by Crippen LogP contribution is -2.48. The molecule has 10 heteroatoms. The van der Waals surface area contributed by atoms with Gasteiger partial charge in [0, 0.05) is 45.4 Å². The van der Waals surface area contributed by atoms with E-state index in [0.29, 0.717) is 45.1 Å². The highest BCUT2D eigenvalue weighted by Crippen LogP contribution is 2.28. The fourth-order valence-electron chi connectivity index (χ4n) is 3.24. The molecule has 1 N–H and O–H groups in total. The fraction of sp³-hybridized carbons (Fsp3) is 0.500. The molecule has 1 aromatic heterocycles. The number of carbonyl (C=O) groups is 2. The Bertz CT molecular complexity index is 861. The summed E-state index contributed by atoms with van der Waals surface area (Å²) in [6, 6.07) is 5.96. The van der Waals surface area contributed by atoms with Gasteiger partial charge in [0.15, 0.2) is 4.34 Å². The number of thioether (sulfide) groups is 1. The molecule has 8 nitrogen and oxygen atoms in total. The molecule has 0 spiro atoms. The van der Waals surface area contributed by atoms with E-state index in [4.69, 9.17) is 4.74 Å². The number of ether oxygens (including phenoxy) is 1. The van der Waals surface area contributed by atoms with Crippen LogP contribution in [0.5, 0.6) is 0 Å². The third kappa shape index (κ3) is 6.16. The topological polar surface area (TPSA) is 87.7 Å². The molecule has 1 fully saturated rings. The van der Waals surface area contributed by atoms with Gasteiger partial charge in [-0.15, -0.1) is 10.2 Å². The molecule has 2 aromatic rings. The van der Waals surface area contributed by atoms with Gasteiger partial charge in [-0.2, -0.15) is 0 Å². The van der Waals surface area contributed by atoms with Gasteiger partial charge in [0.05, 0.1) is 12.4 Å². The van der Waals surface area contributed by atoms with E-state index in [1.165, 1.54) is 23.1 Å². The van der Waals surface area contributed by atoms with Crippen LogP contribution in [0, 0.1) is 13.8 Å². The van der Waals surface area contributed by atoms with Crippen molar-refractivity contribution in [1.29, 1.82) is 0 Å². The van der Waals surface area contributed by atoms with Gasteiger partial charge >= 0.3 is 0 Å². The lowest BCUT2D eigenvalue weighted by Gasteiger charge is -2.34. The van der Waals surface area contributed by atoms with Crippen LogP contribution < -0.4 is 10.2 Å². The third-order valence-corrected chi connectivity index (χ3v) is 6.77.